The van der Waals surface area contributed by atoms with E-state index < -0.39 is 0 Å². The highest BCUT2D eigenvalue weighted by atomic mass is 15.2. The summed E-state index contributed by atoms with van der Waals surface area (Å²) in [6, 6.07) is 51.2. The summed E-state index contributed by atoms with van der Waals surface area (Å²) >= 11 is 0. The second kappa shape index (κ2) is 12.4. The van der Waals surface area contributed by atoms with Crippen molar-refractivity contribution in [3.05, 3.63) is 186 Å². The van der Waals surface area contributed by atoms with Crippen molar-refractivity contribution in [3.63, 3.8) is 0 Å². The Morgan fingerprint density at radius 1 is 0.364 bits per heavy atom. The van der Waals surface area contributed by atoms with Gasteiger partial charge in [0.1, 0.15) is 22.7 Å². The fourth-order valence-electron chi connectivity index (χ4n) is 9.26. The average Bonchev–Trinajstić information content (AvgIpc) is 3.84. The number of fused-ring (bicyclic) bond motifs is 5. The molecular formula is C50H43N5+2. The molecule has 0 atom stereocenters. The number of imidazole rings is 2. The summed E-state index contributed by atoms with van der Waals surface area (Å²) in [5.74, 6) is 0. The molecule has 0 saturated heterocycles. The lowest BCUT2D eigenvalue weighted by atomic mass is 10.0. The topological polar surface area (TPSA) is 22.5 Å². The van der Waals surface area contributed by atoms with Crippen molar-refractivity contribution in [2.45, 2.75) is 41.5 Å². The summed E-state index contributed by atoms with van der Waals surface area (Å²) in [5, 5.41) is 2.47. The van der Waals surface area contributed by atoms with Gasteiger partial charge in [-0.05, 0) is 118 Å². The lowest BCUT2D eigenvalue weighted by Crippen LogP contribution is -2.31. The second-order valence-electron chi connectivity index (χ2n) is 15.3. The third-order valence-corrected chi connectivity index (χ3v) is 11.3. The van der Waals surface area contributed by atoms with Crippen LogP contribution in [0.1, 0.15) is 33.4 Å². The first-order valence-corrected chi connectivity index (χ1v) is 19.1. The van der Waals surface area contributed by atoms with Crippen LogP contribution in [0.4, 0.5) is 0 Å². The van der Waals surface area contributed by atoms with Gasteiger partial charge in [-0.2, -0.15) is 18.3 Å². The number of para-hydroxylation sites is 5. The first-order valence-electron chi connectivity index (χ1n) is 19.1. The van der Waals surface area contributed by atoms with Gasteiger partial charge in [0.2, 0.25) is 0 Å². The molecule has 0 radical (unpaired) electrons. The average molecular weight is 714 g/mol. The summed E-state index contributed by atoms with van der Waals surface area (Å²) in [4.78, 5) is 0. The molecule has 0 saturated carbocycles. The first-order chi connectivity index (χ1) is 26.7. The van der Waals surface area contributed by atoms with E-state index in [0.717, 1.165) is 28.1 Å². The zero-order valence-corrected chi connectivity index (χ0v) is 32.2. The largest absolute Gasteiger partial charge is 0.309 e. The molecule has 0 bridgehead atoms. The normalized spacial score (nSPS) is 11.8. The third kappa shape index (κ3) is 5.14. The van der Waals surface area contributed by atoms with Crippen molar-refractivity contribution < 1.29 is 9.13 Å². The Hall–Kier alpha value is -6.72. The highest BCUT2D eigenvalue weighted by molar-refractivity contribution is 6.09. The number of benzene rings is 7. The molecule has 55 heavy (non-hydrogen) atoms. The fraction of sp³-hybridized carbons (Fsp3) is 0.120. The van der Waals surface area contributed by atoms with Gasteiger partial charge in [0.25, 0.3) is 12.7 Å². The van der Waals surface area contributed by atoms with E-state index in [1.54, 1.807) is 0 Å². The second-order valence-corrected chi connectivity index (χ2v) is 15.3. The van der Waals surface area contributed by atoms with E-state index >= 15 is 0 Å². The van der Waals surface area contributed by atoms with Gasteiger partial charge in [0.05, 0.1) is 16.7 Å². The summed E-state index contributed by atoms with van der Waals surface area (Å²) in [6.07, 6.45) is 4.51. The molecular weight excluding hydrogens is 671 g/mol. The molecule has 10 aromatic rings. The van der Waals surface area contributed by atoms with Crippen LogP contribution in [0.15, 0.2) is 152 Å². The summed E-state index contributed by atoms with van der Waals surface area (Å²) in [6.45, 7) is 13.2. The monoisotopic (exact) mass is 713 g/mol. The van der Waals surface area contributed by atoms with Crippen molar-refractivity contribution in [3.8, 4) is 28.4 Å². The molecule has 0 aliphatic rings. The third-order valence-electron chi connectivity index (χ3n) is 11.3. The summed E-state index contributed by atoms with van der Waals surface area (Å²) < 4.78 is 11.8. The van der Waals surface area contributed by atoms with Crippen molar-refractivity contribution >= 4 is 43.9 Å². The fourth-order valence-corrected chi connectivity index (χ4v) is 9.26. The van der Waals surface area contributed by atoms with Gasteiger partial charge in [0, 0.05) is 22.9 Å². The van der Waals surface area contributed by atoms with E-state index in [2.05, 4.69) is 217 Å². The van der Waals surface area contributed by atoms with Crippen molar-refractivity contribution in [1.29, 1.82) is 0 Å². The van der Waals surface area contributed by atoms with E-state index in [9.17, 15) is 0 Å². The Balaban J connectivity index is 1.17. The van der Waals surface area contributed by atoms with Crippen LogP contribution < -0.4 is 9.13 Å². The number of rotatable bonds is 5. The van der Waals surface area contributed by atoms with Crippen LogP contribution in [-0.2, 0) is 0 Å². The van der Waals surface area contributed by atoms with Gasteiger partial charge in [-0.3, -0.25) is 0 Å². The van der Waals surface area contributed by atoms with Gasteiger partial charge < -0.3 is 4.57 Å². The first kappa shape index (κ1) is 32.9. The van der Waals surface area contributed by atoms with Crippen molar-refractivity contribution in [2.75, 3.05) is 0 Å². The molecule has 0 spiro atoms. The van der Waals surface area contributed by atoms with Gasteiger partial charge in [-0.15, -0.1) is 0 Å². The lowest BCUT2D eigenvalue weighted by Gasteiger charge is -2.10. The van der Waals surface area contributed by atoms with Crippen molar-refractivity contribution in [1.82, 2.24) is 13.7 Å². The molecule has 3 aromatic heterocycles. The van der Waals surface area contributed by atoms with Crippen LogP contribution in [0, 0.1) is 41.5 Å². The molecule has 7 aromatic carbocycles. The van der Waals surface area contributed by atoms with Gasteiger partial charge in [0.15, 0.2) is 22.1 Å². The number of nitrogens with zero attached hydrogens (tertiary/aromatic N) is 5. The highest BCUT2D eigenvalue weighted by Crippen LogP contribution is 2.35. The number of hydrogen-bond acceptors (Lipinski definition) is 0. The zero-order valence-electron chi connectivity index (χ0n) is 32.2. The molecule has 0 aliphatic heterocycles. The van der Waals surface area contributed by atoms with E-state index in [4.69, 9.17) is 0 Å². The Bertz CT molecular complexity index is 3120. The summed E-state index contributed by atoms with van der Waals surface area (Å²) in [5.41, 5.74) is 20.5. The smallest absolute Gasteiger partial charge is 0.255 e. The van der Waals surface area contributed by atoms with Crippen LogP contribution in [0.3, 0.4) is 0 Å². The van der Waals surface area contributed by atoms with Gasteiger partial charge in [-0.1, -0.05) is 83.9 Å². The van der Waals surface area contributed by atoms with E-state index in [1.165, 1.54) is 77.6 Å². The minimum absolute atomic E-state index is 1.11. The molecule has 10 rings (SSSR count). The molecule has 3 heterocycles. The predicted octanol–water partition coefficient (Wildman–Crippen LogP) is 11.1. The standard InChI is InChI=1S/C50H43N5/c1-32-24-34(3)49(35(4)25-32)53-30-51(44-18-9-11-20-46(44)53)38-14-13-15-40(28-38)55-43-17-8-7-16-41(43)42-23-22-39(29-48(42)55)52-31-54(47-21-12-10-19-45(47)52)50-36(5)26-33(2)27-37(50)6/h7-31H,1-6H3/q+2. The maximum Gasteiger partial charge on any atom is 0.255 e. The highest BCUT2D eigenvalue weighted by Gasteiger charge is 2.25. The minimum atomic E-state index is 1.11. The molecule has 266 valence electrons. The molecule has 0 aliphatic carbocycles. The van der Waals surface area contributed by atoms with E-state index in [1.807, 2.05) is 0 Å². The molecule has 5 nitrogen and oxygen atoms in total. The molecule has 0 fully saturated rings. The predicted molar refractivity (Wildman–Crippen MR) is 226 cm³/mol. The maximum atomic E-state index is 2.43. The number of aryl methyl sites for hydroxylation is 6. The van der Waals surface area contributed by atoms with Crippen molar-refractivity contribution in [2.24, 2.45) is 0 Å². The Morgan fingerprint density at radius 3 is 1.38 bits per heavy atom. The van der Waals surface area contributed by atoms with Gasteiger partial charge in [-0.25, -0.2) is 0 Å². The van der Waals surface area contributed by atoms with E-state index in [0.29, 0.717) is 0 Å². The Labute approximate surface area is 321 Å². The molecule has 0 N–H and O–H groups in total. The quantitative estimate of drug-likeness (QED) is 0.159. The van der Waals surface area contributed by atoms with Crippen LogP contribution >= 0.6 is 0 Å². The number of hydrogen-bond donors (Lipinski definition) is 0. The lowest BCUT2D eigenvalue weighted by molar-refractivity contribution is -0.569. The van der Waals surface area contributed by atoms with Gasteiger partial charge >= 0.3 is 0 Å². The SMILES string of the molecule is Cc1cc(C)c(-[n+]2cn(-c3cccc(-n4c5ccccc5c5ccc(-n6c[n+](-c7c(C)cc(C)cc7C)c7ccccc76)cc54)c3)c3ccccc32)c(C)c1. The van der Waals surface area contributed by atoms with E-state index in [-0.39, 0.29) is 0 Å². The van der Waals surface area contributed by atoms with Crippen LogP contribution in [0.2, 0.25) is 0 Å². The zero-order chi connectivity index (χ0) is 37.5. The van der Waals surface area contributed by atoms with Crippen LogP contribution in [0.5, 0.6) is 0 Å². The van der Waals surface area contributed by atoms with Crippen LogP contribution in [0.25, 0.3) is 72.3 Å². The Morgan fingerprint density at radius 2 is 0.818 bits per heavy atom. The van der Waals surface area contributed by atoms with Crippen LogP contribution in [-0.4, -0.2) is 13.7 Å². The minimum Gasteiger partial charge on any atom is -0.309 e. The molecule has 0 amide bonds. The number of aromatic nitrogens is 5. The summed E-state index contributed by atoms with van der Waals surface area (Å²) in [7, 11) is 0. The molecule has 0 unspecified atom stereocenters. The Kier molecular flexibility index (Phi) is 7.43. The molecule has 5 heteroatoms. The maximum absolute atomic E-state index is 2.43.